The molecule has 25 heavy (non-hydrogen) atoms. The van der Waals surface area contributed by atoms with E-state index in [0.29, 0.717) is 32.7 Å². The molecule has 0 aromatic carbocycles. The van der Waals surface area contributed by atoms with Crippen LogP contribution in [0.25, 0.3) is 0 Å². The van der Waals surface area contributed by atoms with Crippen LogP contribution >= 0.6 is 11.3 Å². The number of nitrogens with one attached hydrogen (secondary N) is 2. The molecular weight excluding hydrogens is 344 g/mol. The van der Waals surface area contributed by atoms with Crippen molar-refractivity contribution in [1.29, 1.82) is 0 Å². The van der Waals surface area contributed by atoms with E-state index in [0.717, 1.165) is 16.0 Å². The highest BCUT2D eigenvalue weighted by Crippen LogP contribution is 2.25. The van der Waals surface area contributed by atoms with Crippen molar-refractivity contribution in [2.75, 3.05) is 36.4 Å². The zero-order valence-electron chi connectivity index (χ0n) is 14.5. The topological polar surface area (TPSA) is 112 Å². The van der Waals surface area contributed by atoms with Crippen molar-refractivity contribution in [3.05, 3.63) is 11.9 Å². The van der Waals surface area contributed by atoms with Crippen molar-refractivity contribution in [2.24, 2.45) is 0 Å². The quantitative estimate of drug-likeness (QED) is 0.833. The molecule has 1 aliphatic heterocycles. The average Bonchev–Trinajstić information content (AvgIpc) is 3.23. The van der Waals surface area contributed by atoms with Crippen molar-refractivity contribution in [2.45, 2.75) is 32.9 Å². The number of aromatic nitrogens is 5. The lowest BCUT2D eigenvalue weighted by Crippen LogP contribution is -2.50. The molecule has 10 nitrogen and oxygen atoms in total. The van der Waals surface area contributed by atoms with Crippen molar-refractivity contribution < 1.29 is 9.53 Å². The molecule has 1 amide bonds. The molecule has 0 atom stereocenters. The molecule has 0 bridgehead atoms. The van der Waals surface area contributed by atoms with Crippen LogP contribution in [0.1, 0.15) is 26.5 Å². The van der Waals surface area contributed by atoms with Gasteiger partial charge in [-0.3, -0.25) is 5.10 Å². The molecule has 2 aromatic heterocycles. The molecule has 11 heteroatoms. The Hall–Kier alpha value is -2.43. The van der Waals surface area contributed by atoms with Crippen LogP contribution in [0.5, 0.6) is 0 Å². The first-order chi connectivity index (χ1) is 11.9. The van der Waals surface area contributed by atoms with Crippen LogP contribution in [0.4, 0.5) is 15.1 Å². The van der Waals surface area contributed by atoms with E-state index in [1.54, 1.807) is 11.1 Å². The first kappa shape index (κ1) is 17.4. The predicted octanol–water partition coefficient (Wildman–Crippen LogP) is 1.33. The Bertz CT molecular complexity index is 688. The van der Waals surface area contributed by atoms with E-state index in [9.17, 15) is 4.79 Å². The average molecular weight is 366 g/mol. The predicted molar refractivity (Wildman–Crippen MR) is 93.6 cm³/mol. The first-order valence-corrected chi connectivity index (χ1v) is 8.87. The van der Waals surface area contributed by atoms with E-state index in [1.807, 2.05) is 20.8 Å². The van der Waals surface area contributed by atoms with Gasteiger partial charge in [0.25, 0.3) is 0 Å². The van der Waals surface area contributed by atoms with Gasteiger partial charge in [-0.2, -0.15) is 0 Å². The lowest BCUT2D eigenvalue weighted by molar-refractivity contribution is 0.0240. The third kappa shape index (κ3) is 4.78. The van der Waals surface area contributed by atoms with Crippen LogP contribution in [-0.2, 0) is 11.3 Å². The van der Waals surface area contributed by atoms with Gasteiger partial charge < -0.3 is 19.9 Å². The Kier molecular flexibility index (Phi) is 5.02. The second-order valence-corrected chi connectivity index (χ2v) is 7.64. The number of carbonyl (C=O) groups excluding carboxylic acids is 1. The number of H-pyrrole nitrogens is 1. The summed E-state index contributed by atoms with van der Waals surface area (Å²) in [6, 6.07) is 0. The summed E-state index contributed by atoms with van der Waals surface area (Å²) < 4.78 is 5.41. The summed E-state index contributed by atoms with van der Waals surface area (Å²) in [6.45, 7) is 8.81. The van der Waals surface area contributed by atoms with E-state index in [-0.39, 0.29) is 6.09 Å². The molecule has 3 rings (SSSR count). The largest absolute Gasteiger partial charge is 0.444 e. The maximum Gasteiger partial charge on any atom is 0.410 e. The molecule has 0 unspecified atom stereocenters. The molecule has 0 saturated carbocycles. The van der Waals surface area contributed by atoms with E-state index < -0.39 is 5.60 Å². The summed E-state index contributed by atoms with van der Waals surface area (Å²) in [5.41, 5.74) is 0.404. The van der Waals surface area contributed by atoms with Gasteiger partial charge in [0, 0.05) is 26.2 Å². The second kappa shape index (κ2) is 7.21. The van der Waals surface area contributed by atoms with Crippen LogP contribution in [0.15, 0.2) is 6.20 Å². The number of piperazine rings is 1. The number of hydrogen-bond donors (Lipinski definition) is 2. The summed E-state index contributed by atoms with van der Waals surface area (Å²) >= 11 is 1.48. The summed E-state index contributed by atoms with van der Waals surface area (Å²) in [5.74, 6) is 0. The number of nitrogens with zero attached hydrogens (tertiary/aromatic N) is 6. The fraction of sp³-hybridized carbons (Fsp3) is 0.643. The number of rotatable bonds is 4. The van der Waals surface area contributed by atoms with Crippen LogP contribution in [0.2, 0.25) is 0 Å². The molecule has 1 fully saturated rings. The minimum atomic E-state index is -0.474. The summed E-state index contributed by atoms with van der Waals surface area (Å²) in [5, 5.41) is 23.3. The Morgan fingerprint density at radius 1 is 1.32 bits per heavy atom. The standard InChI is InChI=1S/C14H22N8O2S/c1-14(2,3)24-13(23)22-6-4-21(5-7-22)12-19-18-11(25-12)15-8-10-9-16-20-17-10/h9H,4-8H2,1-3H3,(H,15,18)(H,16,17,20). The maximum atomic E-state index is 12.1. The summed E-state index contributed by atoms with van der Waals surface area (Å²) in [7, 11) is 0. The number of carbonyl (C=O) groups is 1. The molecule has 3 heterocycles. The van der Waals surface area contributed by atoms with Crippen LogP contribution in [-0.4, -0.2) is 68.4 Å². The molecule has 0 radical (unpaired) electrons. The molecule has 0 spiro atoms. The van der Waals surface area contributed by atoms with Gasteiger partial charge in [0.05, 0.1) is 18.4 Å². The van der Waals surface area contributed by atoms with Gasteiger partial charge in [-0.15, -0.1) is 15.3 Å². The van der Waals surface area contributed by atoms with Gasteiger partial charge in [0.15, 0.2) is 0 Å². The number of amides is 1. The number of aromatic amines is 1. The third-order valence-corrected chi connectivity index (χ3v) is 4.45. The van der Waals surface area contributed by atoms with Gasteiger partial charge in [-0.25, -0.2) is 4.79 Å². The van der Waals surface area contributed by atoms with Crippen LogP contribution in [0, 0.1) is 0 Å². The highest BCUT2D eigenvalue weighted by molar-refractivity contribution is 7.19. The Morgan fingerprint density at radius 2 is 2.08 bits per heavy atom. The van der Waals surface area contributed by atoms with Gasteiger partial charge in [0.1, 0.15) is 5.60 Å². The minimum absolute atomic E-state index is 0.264. The smallest absolute Gasteiger partial charge is 0.410 e. The van der Waals surface area contributed by atoms with Crippen molar-refractivity contribution in [3.63, 3.8) is 0 Å². The van der Waals surface area contributed by atoms with Crippen molar-refractivity contribution >= 4 is 27.7 Å². The van der Waals surface area contributed by atoms with Crippen LogP contribution < -0.4 is 10.2 Å². The van der Waals surface area contributed by atoms with E-state index >= 15 is 0 Å². The zero-order chi connectivity index (χ0) is 17.9. The minimum Gasteiger partial charge on any atom is -0.444 e. The maximum absolute atomic E-state index is 12.1. The van der Waals surface area contributed by atoms with Crippen LogP contribution in [0.3, 0.4) is 0 Å². The molecule has 2 N–H and O–H groups in total. The first-order valence-electron chi connectivity index (χ1n) is 8.06. The lowest BCUT2D eigenvalue weighted by Gasteiger charge is -2.35. The monoisotopic (exact) mass is 366 g/mol. The third-order valence-electron chi connectivity index (χ3n) is 3.51. The molecule has 1 saturated heterocycles. The van der Waals surface area contributed by atoms with E-state index in [1.165, 1.54) is 11.3 Å². The fourth-order valence-electron chi connectivity index (χ4n) is 2.30. The Morgan fingerprint density at radius 3 is 2.72 bits per heavy atom. The Labute approximate surface area is 149 Å². The molecule has 136 valence electrons. The molecular formula is C14H22N8O2S. The highest BCUT2D eigenvalue weighted by Gasteiger charge is 2.27. The number of ether oxygens (including phenoxy) is 1. The van der Waals surface area contributed by atoms with Gasteiger partial charge in [0.2, 0.25) is 10.3 Å². The highest BCUT2D eigenvalue weighted by atomic mass is 32.1. The summed E-state index contributed by atoms with van der Waals surface area (Å²) in [6.07, 6.45) is 1.39. The van der Waals surface area contributed by atoms with Crippen molar-refractivity contribution in [3.8, 4) is 0 Å². The number of hydrogen-bond acceptors (Lipinski definition) is 9. The van der Waals surface area contributed by atoms with Crippen molar-refractivity contribution in [1.82, 2.24) is 30.5 Å². The molecule has 2 aromatic rings. The van der Waals surface area contributed by atoms with E-state index in [4.69, 9.17) is 4.74 Å². The molecule has 1 aliphatic rings. The normalized spacial score (nSPS) is 15.3. The lowest BCUT2D eigenvalue weighted by atomic mass is 10.2. The fourth-order valence-corrected chi connectivity index (χ4v) is 3.09. The van der Waals surface area contributed by atoms with Gasteiger partial charge >= 0.3 is 6.09 Å². The van der Waals surface area contributed by atoms with Gasteiger partial charge in [-0.1, -0.05) is 16.6 Å². The zero-order valence-corrected chi connectivity index (χ0v) is 15.3. The van der Waals surface area contributed by atoms with Gasteiger partial charge in [-0.05, 0) is 20.8 Å². The second-order valence-electron chi connectivity index (χ2n) is 6.68. The summed E-state index contributed by atoms with van der Waals surface area (Å²) in [4.78, 5) is 16.0. The SMILES string of the molecule is CC(C)(C)OC(=O)N1CCN(c2nnc(NCc3cnn[nH]3)s2)CC1. The Balaban J connectivity index is 1.49. The van der Waals surface area contributed by atoms with E-state index in [2.05, 4.69) is 35.8 Å². The number of anilines is 2. The molecule has 0 aliphatic carbocycles.